The van der Waals surface area contributed by atoms with E-state index in [0.29, 0.717) is 10.4 Å². The summed E-state index contributed by atoms with van der Waals surface area (Å²) in [5.74, 6) is -2.07. The predicted octanol–water partition coefficient (Wildman–Crippen LogP) is 2.37. The average molecular weight is 443 g/mol. The summed E-state index contributed by atoms with van der Waals surface area (Å²) in [6.45, 7) is -0.450. The lowest BCUT2D eigenvalue weighted by Crippen LogP contribution is -2.50. The summed E-state index contributed by atoms with van der Waals surface area (Å²) in [5.41, 5.74) is 0. The molecule has 1 fully saturated rings. The lowest BCUT2D eigenvalue weighted by Gasteiger charge is -2.33. The minimum absolute atomic E-state index is 0.0726. The van der Waals surface area contributed by atoms with Crippen molar-refractivity contribution >= 4 is 43.0 Å². The summed E-state index contributed by atoms with van der Waals surface area (Å²) in [5, 5.41) is 0. The first-order valence-electron chi connectivity index (χ1n) is 7.33. The van der Waals surface area contributed by atoms with Gasteiger partial charge < -0.3 is 0 Å². The van der Waals surface area contributed by atoms with Crippen molar-refractivity contribution in [3.05, 3.63) is 46.3 Å². The van der Waals surface area contributed by atoms with E-state index in [1.54, 1.807) is 0 Å². The topological polar surface area (TPSA) is 74.8 Å². The Bertz CT molecular complexity index is 1030. The molecule has 0 bridgehead atoms. The van der Waals surface area contributed by atoms with E-state index in [1.165, 1.54) is 12.1 Å². The predicted molar refractivity (Wildman–Crippen MR) is 93.2 cm³/mol. The first kappa shape index (κ1) is 19.6. The molecule has 0 aliphatic carbocycles. The van der Waals surface area contributed by atoms with Gasteiger partial charge in [-0.1, -0.05) is 11.6 Å². The number of halogens is 3. The summed E-state index contributed by atoms with van der Waals surface area (Å²) in [4.78, 5) is -0.639. The van der Waals surface area contributed by atoms with Crippen LogP contribution >= 0.6 is 22.9 Å². The van der Waals surface area contributed by atoms with Crippen LogP contribution < -0.4 is 0 Å². The Kier molecular flexibility index (Phi) is 5.39. The second kappa shape index (κ2) is 7.13. The van der Waals surface area contributed by atoms with Crippen LogP contribution in [0.5, 0.6) is 0 Å². The third-order valence-corrected chi connectivity index (χ3v) is 9.38. The molecule has 26 heavy (non-hydrogen) atoms. The van der Waals surface area contributed by atoms with E-state index in [2.05, 4.69) is 0 Å². The van der Waals surface area contributed by atoms with Gasteiger partial charge in [-0.3, -0.25) is 0 Å². The molecule has 0 saturated carbocycles. The number of thiophene rings is 1. The first-order valence-corrected chi connectivity index (χ1v) is 11.4. The molecule has 1 aliphatic rings. The number of benzene rings is 1. The summed E-state index contributed by atoms with van der Waals surface area (Å²) in [6.07, 6.45) is 0. The number of piperazine rings is 1. The lowest BCUT2D eigenvalue weighted by atomic mass is 10.3. The number of sulfonamides is 2. The van der Waals surface area contributed by atoms with Crippen molar-refractivity contribution in [2.24, 2.45) is 0 Å². The zero-order chi connectivity index (χ0) is 19.1. The van der Waals surface area contributed by atoms with Gasteiger partial charge in [-0.15, -0.1) is 11.3 Å². The molecule has 2 aromatic rings. The molecule has 0 atom stereocenters. The molecule has 0 unspecified atom stereocenters. The van der Waals surface area contributed by atoms with Crippen molar-refractivity contribution in [3.8, 4) is 0 Å². The molecule has 1 aromatic carbocycles. The molecule has 1 aromatic heterocycles. The van der Waals surface area contributed by atoms with Gasteiger partial charge >= 0.3 is 0 Å². The van der Waals surface area contributed by atoms with Gasteiger partial charge in [0.05, 0.1) is 4.34 Å². The highest BCUT2D eigenvalue weighted by atomic mass is 35.5. The van der Waals surface area contributed by atoms with Gasteiger partial charge in [-0.25, -0.2) is 25.6 Å². The van der Waals surface area contributed by atoms with Crippen molar-refractivity contribution < 1.29 is 25.6 Å². The lowest BCUT2D eigenvalue weighted by molar-refractivity contribution is 0.272. The molecule has 1 saturated heterocycles. The molecular formula is C14H13ClF2N2O4S3. The molecule has 2 heterocycles. The van der Waals surface area contributed by atoms with E-state index in [9.17, 15) is 25.6 Å². The van der Waals surface area contributed by atoms with Crippen molar-refractivity contribution in [1.29, 1.82) is 0 Å². The zero-order valence-corrected chi connectivity index (χ0v) is 16.3. The van der Waals surface area contributed by atoms with E-state index in [-0.39, 0.29) is 30.4 Å². The molecule has 0 amide bonds. The van der Waals surface area contributed by atoms with Crippen molar-refractivity contribution in [3.63, 3.8) is 0 Å². The summed E-state index contributed by atoms with van der Waals surface area (Å²) >= 11 is 6.68. The van der Waals surface area contributed by atoms with Gasteiger partial charge in [0.1, 0.15) is 20.7 Å². The number of nitrogens with zero attached hydrogens (tertiary/aromatic N) is 2. The smallest absolute Gasteiger partial charge is 0.207 e. The van der Waals surface area contributed by atoms with Crippen LogP contribution in [0.4, 0.5) is 8.78 Å². The van der Waals surface area contributed by atoms with Crippen LogP contribution in [0.15, 0.2) is 39.4 Å². The second-order valence-corrected chi connectivity index (χ2v) is 11.2. The summed E-state index contributed by atoms with van der Waals surface area (Å²) in [6, 6.07) is 5.07. The van der Waals surface area contributed by atoms with Crippen LogP contribution in [-0.2, 0) is 20.0 Å². The number of hydrogen-bond donors (Lipinski definition) is 0. The van der Waals surface area contributed by atoms with Crippen LogP contribution in [0.3, 0.4) is 0 Å². The molecule has 3 rings (SSSR count). The number of rotatable bonds is 4. The fourth-order valence-electron chi connectivity index (χ4n) is 2.54. The highest BCUT2D eigenvalue weighted by Gasteiger charge is 2.35. The summed E-state index contributed by atoms with van der Waals surface area (Å²) in [7, 11) is -7.95. The van der Waals surface area contributed by atoms with Crippen LogP contribution in [0, 0.1) is 11.6 Å². The van der Waals surface area contributed by atoms with E-state index in [4.69, 9.17) is 11.6 Å². The van der Waals surface area contributed by atoms with Crippen LogP contribution in [0.2, 0.25) is 4.34 Å². The Labute approximate surface area is 158 Å². The monoisotopic (exact) mass is 442 g/mol. The Balaban J connectivity index is 1.78. The molecule has 12 heteroatoms. The third-order valence-electron chi connectivity index (χ3n) is 3.85. The minimum atomic E-state index is -4.19. The Hall–Kier alpha value is -1.11. The fraction of sp³-hybridized carbons (Fsp3) is 0.286. The SMILES string of the molecule is O=S(=O)(c1ccc(Cl)s1)N1CCN(S(=O)(=O)c2ccc(F)cc2F)CC1. The molecule has 142 valence electrons. The Morgan fingerprint density at radius 3 is 1.96 bits per heavy atom. The second-order valence-electron chi connectivity index (χ2n) is 5.44. The molecule has 1 aliphatic heterocycles. The third kappa shape index (κ3) is 3.64. The van der Waals surface area contributed by atoms with E-state index in [1.807, 2.05) is 0 Å². The van der Waals surface area contributed by atoms with E-state index >= 15 is 0 Å². The highest BCUT2D eigenvalue weighted by molar-refractivity contribution is 7.91. The Morgan fingerprint density at radius 2 is 1.46 bits per heavy atom. The van der Waals surface area contributed by atoms with Gasteiger partial charge in [0.15, 0.2) is 0 Å². The normalized spacial score (nSPS) is 17.5. The quantitative estimate of drug-likeness (QED) is 0.728. The maximum Gasteiger partial charge on any atom is 0.252 e. The van der Waals surface area contributed by atoms with Gasteiger partial charge in [-0.05, 0) is 24.3 Å². The maximum absolute atomic E-state index is 13.8. The van der Waals surface area contributed by atoms with Gasteiger partial charge in [0.25, 0.3) is 10.0 Å². The number of hydrogen-bond acceptors (Lipinski definition) is 5. The molecule has 0 spiro atoms. The van der Waals surface area contributed by atoms with Crippen LogP contribution in [0.1, 0.15) is 0 Å². The zero-order valence-electron chi connectivity index (χ0n) is 13.1. The standard InChI is InChI=1S/C14H13ClF2N2O4S3/c15-13-3-4-14(24-13)26(22,23)19-7-5-18(6-8-19)25(20,21)12-2-1-10(16)9-11(12)17/h1-4,9H,5-8H2. The molecule has 0 radical (unpaired) electrons. The largest absolute Gasteiger partial charge is 0.252 e. The fourth-order valence-corrected chi connectivity index (χ4v) is 7.06. The van der Waals surface area contributed by atoms with Gasteiger partial charge in [0.2, 0.25) is 10.0 Å². The molecule has 0 N–H and O–H groups in total. The van der Waals surface area contributed by atoms with E-state index < -0.39 is 36.6 Å². The van der Waals surface area contributed by atoms with Crippen molar-refractivity contribution in [1.82, 2.24) is 8.61 Å². The van der Waals surface area contributed by atoms with Crippen molar-refractivity contribution in [2.45, 2.75) is 9.10 Å². The molecular weight excluding hydrogens is 430 g/mol. The van der Waals surface area contributed by atoms with Crippen LogP contribution in [0.25, 0.3) is 0 Å². The van der Waals surface area contributed by atoms with Gasteiger partial charge in [0, 0.05) is 32.2 Å². The summed E-state index contributed by atoms with van der Waals surface area (Å²) < 4.78 is 79.5. The van der Waals surface area contributed by atoms with Crippen molar-refractivity contribution in [2.75, 3.05) is 26.2 Å². The van der Waals surface area contributed by atoms with E-state index in [0.717, 1.165) is 32.1 Å². The average Bonchev–Trinajstić information content (AvgIpc) is 3.02. The minimum Gasteiger partial charge on any atom is -0.207 e. The first-order chi connectivity index (χ1) is 12.1. The van der Waals surface area contributed by atoms with Gasteiger partial charge in [-0.2, -0.15) is 8.61 Å². The molecule has 6 nitrogen and oxygen atoms in total. The Morgan fingerprint density at radius 1 is 0.885 bits per heavy atom. The maximum atomic E-state index is 13.8. The van der Waals surface area contributed by atoms with Crippen LogP contribution in [-0.4, -0.2) is 51.6 Å². The highest BCUT2D eigenvalue weighted by Crippen LogP contribution is 2.29.